The summed E-state index contributed by atoms with van der Waals surface area (Å²) in [5, 5.41) is 11.7. The molecule has 0 saturated heterocycles. The van der Waals surface area contributed by atoms with E-state index >= 15 is 0 Å². The first kappa shape index (κ1) is 17.4. The van der Waals surface area contributed by atoms with Gasteiger partial charge in [0.25, 0.3) is 5.91 Å². The minimum Gasteiger partial charge on any atom is -0.427 e. The molecule has 1 amide bonds. The van der Waals surface area contributed by atoms with Crippen LogP contribution in [-0.2, 0) is 4.79 Å². The van der Waals surface area contributed by atoms with Crippen molar-refractivity contribution in [2.75, 3.05) is 5.32 Å². The molecule has 1 heterocycles. The van der Waals surface area contributed by atoms with Gasteiger partial charge in [-0.05, 0) is 30.7 Å². The van der Waals surface area contributed by atoms with E-state index in [1.54, 1.807) is 36.0 Å². The van der Waals surface area contributed by atoms with Crippen molar-refractivity contribution in [1.29, 1.82) is 0 Å². The monoisotopic (exact) mass is 351 g/mol. The van der Waals surface area contributed by atoms with Gasteiger partial charge in [0.1, 0.15) is 5.75 Å². The lowest BCUT2D eigenvalue weighted by atomic mass is 10.2. The van der Waals surface area contributed by atoms with Crippen molar-refractivity contribution in [2.24, 2.45) is 0 Å². The van der Waals surface area contributed by atoms with Gasteiger partial charge in [-0.3, -0.25) is 14.9 Å². The number of nitrogens with one attached hydrogen (secondary N) is 1. The minimum atomic E-state index is -0.401. The second-order valence-electron chi connectivity index (χ2n) is 4.78. The average molecular weight is 351 g/mol. The van der Waals surface area contributed by atoms with Crippen LogP contribution in [0, 0.1) is 0 Å². The molecule has 0 spiro atoms. The molecular formula is C15H17N3O3S2. The molecule has 1 unspecified atom stereocenters. The third-order valence-corrected chi connectivity index (χ3v) is 5.07. The molecule has 1 N–H and O–H groups in total. The highest BCUT2D eigenvalue weighted by atomic mass is 32.2. The van der Waals surface area contributed by atoms with Crippen molar-refractivity contribution in [3.8, 4) is 5.75 Å². The summed E-state index contributed by atoms with van der Waals surface area (Å²) >= 11 is 2.99. The van der Waals surface area contributed by atoms with Gasteiger partial charge in [0.05, 0.1) is 0 Å². The van der Waals surface area contributed by atoms with Gasteiger partial charge in [-0.2, -0.15) is 0 Å². The summed E-state index contributed by atoms with van der Waals surface area (Å²) < 4.78 is 5.76. The van der Waals surface area contributed by atoms with Crippen molar-refractivity contribution in [2.45, 2.75) is 36.8 Å². The molecule has 1 aromatic heterocycles. The van der Waals surface area contributed by atoms with Gasteiger partial charge in [-0.15, -0.1) is 10.2 Å². The van der Waals surface area contributed by atoms with E-state index in [2.05, 4.69) is 29.4 Å². The molecule has 2 aromatic rings. The van der Waals surface area contributed by atoms with Crippen LogP contribution in [0.1, 0.15) is 37.6 Å². The zero-order chi connectivity index (χ0) is 16.8. The van der Waals surface area contributed by atoms with Crippen molar-refractivity contribution < 1.29 is 14.3 Å². The number of anilines is 1. The van der Waals surface area contributed by atoms with E-state index in [0.29, 0.717) is 21.7 Å². The summed E-state index contributed by atoms with van der Waals surface area (Å²) in [5.74, 6) is -0.282. The number of nitrogens with zero attached hydrogens (tertiary/aromatic N) is 2. The predicted octanol–water partition coefficient (Wildman–Crippen LogP) is 3.61. The average Bonchev–Trinajstić information content (AvgIpc) is 2.94. The van der Waals surface area contributed by atoms with E-state index < -0.39 is 5.97 Å². The maximum atomic E-state index is 12.1. The molecule has 0 saturated carbocycles. The summed E-state index contributed by atoms with van der Waals surface area (Å²) in [6.07, 6.45) is 1.04. The van der Waals surface area contributed by atoms with Crippen LogP contribution in [0.15, 0.2) is 28.6 Å². The smallest absolute Gasteiger partial charge is 0.308 e. The lowest BCUT2D eigenvalue weighted by Crippen LogP contribution is -2.11. The van der Waals surface area contributed by atoms with E-state index in [0.717, 1.165) is 10.8 Å². The highest BCUT2D eigenvalue weighted by Gasteiger charge is 2.12. The fourth-order valence-electron chi connectivity index (χ4n) is 1.57. The molecular weight excluding hydrogens is 334 g/mol. The summed E-state index contributed by atoms with van der Waals surface area (Å²) in [6.45, 7) is 5.56. The number of thioether (sulfide) groups is 1. The van der Waals surface area contributed by atoms with Gasteiger partial charge < -0.3 is 4.74 Å². The Kier molecular flexibility index (Phi) is 6.12. The molecule has 122 valence electrons. The van der Waals surface area contributed by atoms with Crippen molar-refractivity contribution in [3.63, 3.8) is 0 Å². The van der Waals surface area contributed by atoms with Crippen LogP contribution in [-0.4, -0.2) is 27.3 Å². The Hall–Kier alpha value is -1.93. The van der Waals surface area contributed by atoms with E-state index in [4.69, 9.17) is 4.74 Å². The van der Waals surface area contributed by atoms with Crippen LogP contribution >= 0.6 is 23.1 Å². The number of carbonyl (C=O) groups is 2. The van der Waals surface area contributed by atoms with Gasteiger partial charge in [0, 0.05) is 17.7 Å². The van der Waals surface area contributed by atoms with Gasteiger partial charge in [0.2, 0.25) is 5.13 Å². The van der Waals surface area contributed by atoms with Crippen molar-refractivity contribution in [1.82, 2.24) is 10.2 Å². The Morgan fingerprint density at radius 3 is 2.61 bits per heavy atom. The Morgan fingerprint density at radius 2 is 2.00 bits per heavy atom. The van der Waals surface area contributed by atoms with Crippen LogP contribution in [0.5, 0.6) is 5.75 Å². The Balaban J connectivity index is 1.97. The predicted molar refractivity (Wildman–Crippen MR) is 91.2 cm³/mol. The second kappa shape index (κ2) is 8.07. The third-order valence-electron chi connectivity index (χ3n) is 2.88. The molecule has 0 aliphatic carbocycles. The van der Waals surface area contributed by atoms with Gasteiger partial charge in [-0.1, -0.05) is 36.9 Å². The maximum Gasteiger partial charge on any atom is 0.308 e. The van der Waals surface area contributed by atoms with Crippen molar-refractivity contribution >= 4 is 40.1 Å². The molecule has 2 rings (SSSR count). The molecule has 23 heavy (non-hydrogen) atoms. The summed E-state index contributed by atoms with van der Waals surface area (Å²) in [4.78, 5) is 23.0. The molecule has 0 radical (unpaired) electrons. The van der Waals surface area contributed by atoms with E-state index in [-0.39, 0.29) is 5.91 Å². The van der Waals surface area contributed by atoms with E-state index in [9.17, 15) is 9.59 Å². The van der Waals surface area contributed by atoms with Crippen molar-refractivity contribution in [3.05, 3.63) is 29.8 Å². The number of ether oxygens (including phenoxy) is 1. The van der Waals surface area contributed by atoms with Gasteiger partial charge >= 0.3 is 5.97 Å². The van der Waals surface area contributed by atoms with Crippen LogP contribution < -0.4 is 10.1 Å². The van der Waals surface area contributed by atoms with Crippen LogP contribution in [0.2, 0.25) is 0 Å². The first-order valence-electron chi connectivity index (χ1n) is 7.08. The largest absolute Gasteiger partial charge is 0.427 e. The number of esters is 1. The first-order valence-corrected chi connectivity index (χ1v) is 8.77. The maximum absolute atomic E-state index is 12.1. The van der Waals surface area contributed by atoms with E-state index in [1.807, 2.05) is 0 Å². The number of hydrogen-bond acceptors (Lipinski definition) is 7. The molecule has 0 fully saturated rings. The number of aromatic nitrogens is 2. The standard InChI is InChI=1S/C15H17N3O3S2/c1-4-9(2)22-15-18-17-14(23-15)16-13(20)11-5-7-12(8-6-11)21-10(3)19/h5-9H,4H2,1-3H3,(H,16,17,20). The lowest BCUT2D eigenvalue weighted by Gasteiger charge is -2.04. The lowest BCUT2D eigenvalue weighted by molar-refractivity contribution is -0.131. The third kappa shape index (κ3) is 5.33. The summed E-state index contributed by atoms with van der Waals surface area (Å²) in [6, 6.07) is 6.31. The molecule has 0 aliphatic rings. The van der Waals surface area contributed by atoms with Gasteiger partial charge in [0.15, 0.2) is 4.34 Å². The molecule has 0 bridgehead atoms. The van der Waals surface area contributed by atoms with Crippen LogP contribution in [0.3, 0.4) is 0 Å². The number of carbonyl (C=O) groups excluding carboxylic acids is 2. The van der Waals surface area contributed by atoms with Crippen LogP contribution in [0.25, 0.3) is 0 Å². The topological polar surface area (TPSA) is 81.2 Å². The number of rotatable bonds is 6. The quantitative estimate of drug-likeness (QED) is 0.371. The molecule has 0 aliphatic heterocycles. The zero-order valence-corrected chi connectivity index (χ0v) is 14.7. The summed E-state index contributed by atoms with van der Waals surface area (Å²) in [7, 11) is 0. The molecule has 1 atom stereocenters. The Labute approximate surface area is 142 Å². The fourth-order valence-corrected chi connectivity index (χ4v) is 3.57. The Morgan fingerprint density at radius 1 is 1.30 bits per heavy atom. The normalized spacial score (nSPS) is 11.8. The molecule has 8 heteroatoms. The molecule has 1 aromatic carbocycles. The zero-order valence-electron chi connectivity index (χ0n) is 13.0. The SMILES string of the molecule is CCC(C)Sc1nnc(NC(=O)c2ccc(OC(C)=O)cc2)s1. The Bertz CT molecular complexity index is 686. The number of hydrogen-bond donors (Lipinski definition) is 1. The fraction of sp³-hybridized carbons (Fsp3) is 0.333. The summed E-state index contributed by atoms with van der Waals surface area (Å²) in [5.41, 5.74) is 0.451. The minimum absolute atomic E-state index is 0.282. The number of amides is 1. The van der Waals surface area contributed by atoms with Gasteiger partial charge in [-0.25, -0.2) is 0 Å². The highest BCUT2D eigenvalue weighted by Crippen LogP contribution is 2.30. The highest BCUT2D eigenvalue weighted by molar-refractivity contribution is 8.01. The number of benzene rings is 1. The molecule has 6 nitrogen and oxygen atoms in total. The first-order chi connectivity index (χ1) is 11.0. The second-order valence-corrected chi connectivity index (χ2v) is 7.45. The van der Waals surface area contributed by atoms with E-state index in [1.165, 1.54) is 18.3 Å². The van der Waals surface area contributed by atoms with Crippen LogP contribution in [0.4, 0.5) is 5.13 Å².